The molecule has 0 spiro atoms. The van der Waals surface area contributed by atoms with Crippen LogP contribution in [0.3, 0.4) is 0 Å². The van der Waals surface area contributed by atoms with Gasteiger partial charge in [-0.1, -0.05) is 133 Å². The van der Waals surface area contributed by atoms with E-state index in [4.69, 9.17) is 9.73 Å². The lowest BCUT2D eigenvalue weighted by Crippen LogP contribution is -2.42. The van der Waals surface area contributed by atoms with E-state index in [1.807, 2.05) is 121 Å². The summed E-state index contributed by atoms with van der Waals surface area (Å²) in [6.07, 6.45) is 0. The molecule has 41 heavy (non-hydrogen) atoms. The Morgan fingerprint density at radius 3 is 1.76 bits per heavy atom. The van der Waals surface area contributed by atoms with Crippen molar-refractivity contribution in [1.82, 2.24) is 0 Å². The van der Waals surface area contributed by atoms with E-state index in [1.54, 1.807) is 6.92 Å². The maximum absolute atomic E-state index is 14.0. The van der Waals surface area contributed by atoms with Crippen molar-refractivity contribution in [3.05, 3.63) is 167 Å². The normalized spacial score (nSPS) is 17.1. The molecule has 0 aliphatic heterocycles. The molecular formula is C37H29NO3. The zero-order valence-corrected chi connectivity index (χ0v) is 23.0. The first-order valence-corrected chi connectivity index (χ1v) is 13.6. The fourth-order valence-corrected chi connectivity index (χ4v) is 5.97. The molecule has 5 aromatic carbocycles. The molecular weight excluding hydrogens is 506 g/mol. The quantitative estimate of drug-likeness (QED) is 0.128. The molecule has 0 aromatic heterocycles. The summed E-state index contributed by atoms with van der Waals surface area (Å²) in [6, 6.07) is 43.7. The number of nitrogens with zero attached hydrogens (tertiary/aromatic N) is 1. The Kier molecular flexibility index (Phi) is 6.90. The van der Waals surface area contributed by atoms with Crippen molar-refractivity contribution in [2.24, 2.45) is 4.99 Å². The van der Waals surface area contributed by atoms with E-state index >= 15 is 0 Å². The van der Waals surface area contributed by atoms with E-state index in [1.165, 1.54) is 7.11 Å². The van der Waals surface area contributed by atoms with Gasteiger partial charge in [-0.05, 0) is 34.7 Å². The van der Waals surface area contributed by atoms with Crippen molar-refractivity contribution in [1.29, 1.82) is 0 Å². The van der Waals surface area contributed by atoms with Gasteiger partial charge in [0.05, 0.1) is 12.8 Å². The summed E-state index contributed by atoms with van der Waals surface area (Å²) in [5, 5.41) is 0. The molecule has 2 atom stereocenters. The van der Waals surface area contributed by atoms with E-state index in [0.717, 1.165) is 44.7 Å². The van der Waals surface area contributed by atoms with E-state index in [0.29, 0.717) is 5.56 Å². The largest absolute Gasteiger partial charge is 0.468 e. The molecule has 2 unspecified atom stereocenters. The van der Waals surface area contributed by atoms with Gasteiger partial charge in [0.1, 0.15) is 11.5 Å². The number of ketones is 1. The van der Waals surface area contributed by atoms with Crippen molar-refractivity contribution >= 4 is 17.5 Å². The van der Waals surface area contributed by atoms with Crippen molar-refractivity contribution in [2.45, 2.75) is 18.4 Å². The van der Waals surface area contributed by atoms with Gasteiger partial charge in [-0.2, -0.15) is 0 Å². The molecule has 0 fully saturated rings. The highest BCUT2D eigenvalue weighted by molar-refractivity contribution is 6.13. The van der Waals surface area contributed by atoms with E-state index in [9.17, 15) is 9.59 Å². The number of aliphatic imine (C=N–C) groups is 1. The summed E-state index contributed by atoms with van der Waals surface area (Å²) in [5.74, 6) is -1.20. The maximum Gasteiger partial charge on any atom is 0.316 e. The number of Topliss-reactive ketones (excluding diaryl/α,β-unsaturated/α-hetero) is 1. The Balaban J connectivity index is 1.79. The number of benzene rings is 5. The summed E-state index contributed by atoms with van der Waals surface area (Å²) in [5.41, 5.74) is 6.53. The Bertz CT molecular complexity index is 1720. The van der Waals surface area contributed by atoms with Crippen LogP contribution in [0.1, 0.15) is 51.0 Å². The van der Waals surface area contributed by atoms with Crippen molar-refractivity contribution in [2.75, 3.05) is 7.11 Å². The molecule has 4 heteroatoms. The van der Waals surface area contributed by atoms with Crippen molar-refractivity contribution in [3.8, 4) is 11.1 Å². The Hall–Kier alpha value is -5.09. The molecule has 0 radical (unpaired) electrons. The molecule has 0 N–H and O–H groups in total. The lowest BCUT2D eigenvalue weighted by atomic mass is 9.63. The standard InChI is InChI=1S/C37H29NO3/c1-25(39)26-21-23-29(24-22-26)37(38-35(27-13-5-3-6-14-27)28-15-7-4-8-16-28)33-20-12-11-18-31(33)30-17-9-10-19-32(30)34(37)36(40)41-2/h3-24,34H,1-2H3. The van der Waals surface area contributed by atoms with Crippen LogP contribution < -0.4 is 0 Å². The number of rotatable bonds is 6. The van der Waals surface area contributed by atoms with Gasteiger partial charge >= 0.3 is 5.97 Å². The molecule has 6 rings (SSSR count). The highest BCUT2D eigenvalue weighted by Gasteiger charge is 2.52. The molecule has 0 saturated carbocycles. The van der Waals surface area contributed by atoms with Crippen LogP contribution in [0.2, 0.25) is 0 Å². The average Bonchev–Trinajstić information content (AvgIpc) is 3.04. The molecule has 4 nitrogen and oxygen atoms in total. The monoisotopic (exact) mass is 535 g/mol. The summed E-state index contributed by atoms with van der Waals surface area (Å²) >= 11 is 0. The zero-order chi connectivity index (χ0) is 28.4. The first-order valence-electron chi connectivity index (χ1n) is 13.6. The topological polar surface area (TPSA) is 55.7 Å². The Morgan fingerprint density at radius 2 is 1.17 bits per heavy atom. The van der Waals surface area contributed by atoms with E-state index in [2.05, 4.69) is 12.1 Å². The number of hydrogen-bond acceptors (Lipinski definition) is 4. The van der Waals surface area contributed by atoms with Crippen LogP contribution in [0.5, 0.6) is 0 Å². The smallest absolute Gasteiger partial charge is 0.316 e. The second-order valence-corrected chi connectivity index (χ2v) is 10.2. The highest BCUT2D eigenvalue weighted by Crippen LogP contribution is 2.55. The summed E-state index contributed by atoms with van der Waals surface area (Å²) in [4.78, 5) is 31.9. The lowest BCUT2D eigenvalue weighted by molar-refractivity contribution is -0.144. The summed E-state index contributed by atoms with van der Waals surface area (Å²) < 4.78 is 5.53. The van der Waals surface area contributed by atoms with Crippen LogP contribution in [-0.4, -0.2) is 24.6 Å². The molecule has 1 aliphatic rings. The molecule has 0 bridgehead atoms. The summed E-state index contributed by atoms with van der Waals surface area (Å²) in [7, 11) is 1.42. The Morgan fingerprint density at radius 1 is 0.634 bits per heavy atom. The number of carbonyl (C=O) groups excluding carboxylic acids is 2. The van der Waals surface area contributed by atoms with Crippen LogP contribution in [0, 0.1) is 0 Å². The van der Waals surface area contributed by atoms with Gasteiger partial charge in [-0.15, -0.1) is 0 Å². The Labute approximate surface area is 240 Å². The van der Waals surface area contributed by atoms with Gasteiger partial charge < -0.3 is 4.74 Å². The van der Waals surface area contributed by atoms with Crippen LogP contribution in [-0.2, 0) is 15.1 Å². The van der Waals surface area contributed by atoms with Gasteiger partial charge in [0.25, 0.3) is 0 Å². The first-order chi connectivity index (χ1) is 20.0. The second kappa shape index (κ2) is 10.8. The van der Waals surface area contributed by atoms with Gasteiger partial charge in [0.2, 0.25) is 0 Å². The molecule has 1 aliphatic carbocycles. The number of carbonyl (C=O) groups is 2. The van der Waals surface area contributed by atoms with Crippen LogP contribution in [0.15, 0.2) is 138 Å². The average molecular weight is 536 g/mol. The first kappa shape index (κ1) is 26.1. The lowest BCUT2D eigenvalue weighted by Gasteiger charge is -2.43. The maximum atomic E-state index is 14.0. The minimum atomic E-state index is -1.20. The number of hydrogen-bond donors (Lipinski definition) is 0. The third-order valence-corrected chi connectivity index (χ3v) is 7.87. The van der Waals surface area contributed by atoms with Crippen LogP contribution >= 0.6 is 0 Å². The number of esters is 1. The van der Waals surface area contributed by atoms with Gasteiger partial charge in [0.15, 0.2) is 5.78 Å². The van der Waals surface area contributed by atoms with Crippen molar-refractivity contribution < 1.29 is 14.3 Å². The molecule has 0 heterocycles. The SMILES string of the molecule is COC(=O)C1c2ccccc2-c2ccccc2C1(N=C(c1ccccc1)c1ccccc1)c1ccc(C(C)=O)cc1. The number of methoxy groups -OCH3 is 1. The van der Waals surface area contributed by atoms with Gasteiger partial charge in [0, 0.05) is 16.7 Å². The molecule has 5 aromatic rings. The zero-order valence-electron chi connectivity index (χ0n) is 23.0. The minimum absolute atomic E-state index is 0.0257. The number of fused-ring (bicyclic) bond motifs is 3. The molecule has 200 valence electrons. The van der Waals surface area contributed by atoms with Crippen molar-refractivity contribution in [3.63, 3.8) is 0 Å². The van der Waals surface area contributed by atoms with E-state index < -0.39 is 11.5 Å². The van der Waals surface area contributed by atoms with Gasteiger partial charge in [-0.25, -0.2) is 0 Å². The predicted molar refractivity (Wildman–Crippen MR) is 162 cm³/mol. The third kappa shape index (κ3) is 4.48. The fraction of sp³-hybridized carbons (Fsp3) is 0.108. The van der Waals surface area contributed by atoms with Gasteiger partial charge in [-0.3, -0.25) is 14.6 Å². The predicted octanol–water partition coefficient (Wildman–Crippen LogP) is 7.61. The second-order valence-electron chi connectivity index (χ2n) is 10.2. The van der Waals surface area contributed by atoms with Crippen LogP contribution in [0.4, 0.5) is 0 Å². The third-order valence-electron chi connectivity index (χ3n) is 7.87. The van der Waals surface area contributed by atoms with E-state index in [-0.39, 0.29) is 11.8 Å². The molecule has 0 saturated heterocycles. The minimum Gasteiger partial charge on any atom is -0.468 e. The highest BCUT2D eigenvalue weighted by atomic mass is 16.5. The van der Waals surface area contributed by atoms with Crippen LogP contribution in [0.25, 0.3) is 11.1 Å². The number of ether oxygens (including phenoxy) is 1. The molecule has 0 amide bonds. The fourth-order valence-electron chi connectivity index (χ4n) is 5.97. The summed E-state index contributed by atoms with van der Waals surface area (Å²) in [6.45, 7) is 1.55.